The summed E-state index contributed by atoms with van der Waals surface area (Å²) < 4.78 is 24.4. The number of phenols is 1. The molecule has 0 saturated carbocycles. The number of hydrogen-bond donors (Lipinski definition) is 3. The molecule has 1 aromatic rings. The predicted molar refractivity (Wildman–Crippen MR) is 41.7 cm³/mol. The molecule has 5 heteroatoms. The Morgan fingerprint density at radius 1 is 1.38 bits per heavy atom. The van der Waals surface area contributed by atoms with Gasteiger partial charge in [0.25, 0.3) is 6.43 Å². The second-order valence-electron chi connectivity index (χ2n) is 2.53. The summed E-state index contributed by atoms with van der Waals surface area (Å²) in [5.41, 5.74) is 1.90. The fraction of sp³-hybridized carbons (Fsp3) is 0.250. The van der Waals surface area contributed by atoms with Crippen molar-refractivity contribution in [1.29, 1.82) is 0 Å². The van der Waals surface area contributed by atoms with Crippen molar-refractivity contribution in [1.82, 2.24) is 5.48 Å². The zero-order chi connectivity index (χ0) is 9.84. The normalized spacial score (nSPS) is 10.8. The van der Waals surface area contributed by atoms with Gasteiger partial charge in [0.1, 0.15) is 5.75 Å². The van der Waals surface area contributed by atoms with Gasteiger partial charge >= 0.3 is 0 Å². The molecule has 72 valence electrons. The van der Waals surface area contributed by atoms with E-state index < -0.39 is 17.7 Å². The van der Waals surface area contributed by atoms with Gasteiger partial charge in [-0.25, -0.2) is 14.3 Å². The summed E-state index contributed by atoms with van der Waals surface area (Å²) >= 11 is 0. The molecule has 0 radical (unpaired) electrons. The monoisotopic (exact) mass is 189 g/mol. The Morgan fingerprint density at radius 3 is 2.62 bits per heavy atom. The molecule has 0 aromatic heterocycles. The van der Waals surface area contributed by atoms with E-state index in [1.54, 1.807) is 0 Å². The van der Waals surface area contributed by atoms with Gasteiger partial charge in [0.15, 0.2) is 0 Å². The number of alkyl halides is 2. The van der Waals surface area contributed by atoms with Crippen molar-refractivity contribution in [3.8, 4) is 5.75 Å². The van der Waals surface area contributed by atoms with Crippen molar-refractivity contribution < 1.29 is 19.1 Å². The van der Waals surface area contributed by atoms with Crippen molar-refractivity contribution in [2.24, 2.45) is 0 Å². The van der Waals surface area contributed by atoms with Crippen molar-refractivity contribution in [3.63, 3.8) is 0 Å². The molecule has 0 spiro atoms. The van der Waals surface area contributed by atoms with Crippen LogP contribution in [0.5, 0.6) is 5.75 Å². The van der Waals surface area contributed by atoms with Crippen LogP contribution in [0.2, 0.25) is 0 Å². The Morgan fingerprint density at radius 2 is 2.08 bits per heavy atom. The predicted octanol–water partition coefficient (Wildman–Crippen LogP) is 1.81. The average molecular weight is 189 g/mol. The number of halogens is 2. The van der Waals surface area contributed by atoms with Gasteiger partial charge in [-0.1, -0.05) is 6.07 Å². The second-order valence-corrected chi connectivity index (χ2v) is 2.53. The fourth-order valence-corrected chi connectivity index (χ4v) is 0.980. The minimum atomic E-state index is -2.71. The number of rotatable bonds is 3. The molecule has 0 heterocycles. The standard InChI is InChI=1S/C8H9F2NO2/c9-8(10)6-3-5(4-11-13)1-2-7(6)12/h1-3,8,11-13H,4H2. The third-order valence-electron chi connectivity index (χ3n) is 1.61. The van der Waals surface area contributed by atoms with Crippen molar-refractivity contribution in [3.05, 3.63) is 29.3 Å². The SMILES string of the molecule is ONCc1ccc(O)c(C(F)F)c1. The van der Waals surface area contributed by atoms with Crippen molar-refractivity contribution in [2.75, 3.05) is 0 Å². The summed E-state index contributed by atoms with van der Waals surface area (Å²) in [5.74, 6) is -0.434. The van der Waals surface area contributed by atoms with Crippen LogP contribution in [0, 0.1) is 0 Å². The Kier molecular flexibility index (Phi) is 3.16. The first-order chi connectivity index (χ1) is 6.15. The molecule has 13 heavy (non-hydrogen) atoms. The van der Waals surface area contributed by atoms with Gasteiger partial charge in [-0.15, -0.1) is 0 Å². The Hall–Kier alpha value is -1.20. The minimum Gasteiger partial charge on any atom is -0.507 e. The van der Waals surface area contributed by atoms with Crippen LogP contribution in [0.1, 0.15) is 17.6 Å². The molecule has 3 N–H and O–H groups in total. The minimum absolute atomic E-state index is 0.0694. The maximum atomic E-state index is 12.2. The lowest BCUT2D eigenvalue weighted by Gasteiger charge is -2.05. The highest BCUT2D eigenvalue weighted by Gasteiger charge is 2.12. The molecule has 1 aromatic carbocycles. The lowest BCUT2D eigenvalue weighted by molar-refractivity contribution is 0.146. The second kappa shape index (κ2) is 4.15. The molecule has 1 rings (SSSR count). The van der Waals surface area contributed by atoms with Crippen LogP contribution >= 0.6 is 0 Å². The summed E-state index contributed by atoms with van der Waals surface area (Å²) in [6.07, 6.45) is -2.71. The summed E-state index contributed by atoms with van der Waals surface area (Å²) in [5, 5.41) is 17.3. The number of benzene rings is 1. The third kappa shape index (κ3) is 2.37. The number of hydroxylamine groups is 1. The molecule has 0 bridgehead atoms. The van der Waals surface area contributed by atoms with E-state index in [1.807, 2.05) is 5.48 Å². The van der Waals surface area contributed by atoms with E-state index in [0.717, 1.165) is 6.07 Å². The number of phenolic OH excluding ortho intramolecular Hbond substituents is 1. The Bertz CT molecular complexity index is 291. The van der Waals surface area contributed by atoms with Crippen LogP contribution < -0.4 is 5.48 Å². The molecular weight excluding hydrogens is 180 g/mol. The largest absolute Gasteiger partial charge is 0.507 e. The van der Waals surface area contributed by atoms with E-state index in [4.69, 9.17) is 10.3 Å². The number of hydrogen-bond acceptors (Lipinski definition) is 3. The maximum absolute atomic E-state index is 12.2. The summed E-state index contributed by atoms with van der Waals surface area (Å²) in [6.45, 7) is 0.0694. The Labute approximate surface area is 73.6 Å². The van der Waals surface area contributed by atoms with Crippen LogP contribution in [0.25, 0.3) is 0 Å². The molecule has 0 atom stereocenters. The van der Waals surface area contributed by atoms with Gasteiger partial charge in [0, 0.05) is 6.54 Å². The average Bonchev–Trinajstić information content (AvgIpc) is 2.08. The van der Waals surface area contributed by atoms with Gasteiger partial charge in [0.05, 0.1) is 5.56 Å². The Balaban J connectivity index is 2.97. The molecule has 0 saturated heterocycles. The highest BCUT2D eigenvalue weighted by Crippen LogP contribution is 2.28. The van der Waals surface area contributed by atoms with Crippen molar-refractivity contribution in [2.45, 2.75) is 13.0 Å². The first kappa shape index (κ1) is 9.88. The molecule has 0 aliphatic rings. The van der Waals surface area contributed by atoms with Gasteiger partial charge in [-0.2, -0.15) is 0 Å². The molecule has 0 aliphatic carbocycles. The van der Waals surface area contributed by atoms with Gasteiger partial charge in [-0.05, 0) is 17.7 Å². The van der Waals surface area contributed by atoms with Crippen LogP contribution in [0.3, 0.4) is 0 Å². The molecular formula is C8H9F2NO2. The summed E-state index contributed by atoms with van der Waals surface area (Å²) in [7, 11) is 0. The first-order valence-electron chi connectivity index (χ1n) is 3.62. The molecule has 0 aliphatic heterocycles. The van der Waals surface area contributed by atoms with E-state index >= 15 is 0 Å². The maximum Gasteiger partial charge on any atom is 0.267 e. The summed E-state index contributed by atoms with van der Waals surface area (Å²) in [4.78, 5) is 0. The van der Waals surface area contributed by atoms with Crippen LogP contribution in [0.4, 0.5) is 8.78 Å². The van der Waals surface area contributed by atoms with E-state index in [2.05, 4.69) is 0 Å². The zero-order valence-corrected chi connectivity index (χ0v) is 6.67. The topological polar surface area (TPSA) is 52.5 Å². The molecule has 0 fully saturated rings. The lowest BCUT2D eigenvalue weighted by atomic mass is 10.1. The number of aromatic hydroxyl groups is 1. The smallest absolute Gasteiger partial charge is 0.267 e. The van der Waals surface area contributed by atoms with E-state index in [9.17, 15) is 8.78 Å². The molecule has 0 amide bonds. The van der Waals surface area contributed by atoms with Gasteiger partial charge in [0.2, 0.25) is 0 Å². The van der Waals surface area contributed by atoms with E-state index in [1.165, 1.54) is 12.1 Å². The summed E-state index contributed by atoms with van der Waals surface area (Å²) in [6, 6.07) is 3.77. The van der Waals surface area contributed by atoms with Crippen LogP contribution in [-0.2, 0) is 6.54 Å². The zero-order valence-electron chi connectivity index (χ0n) is 6.67. The lowest BCUT2D eigenvalue weighted by Crippen LogP contribution is -2.06. The highest BCUT2D eigenvalue weighted by molar-refractivity contribution is 5.36. The van der Waals surface area contributed by atoms with Crippen LogP contribution in [-0.4, -0.2) is 10.3 Å². The van der Waals surface area contributed by atoms with Gasteiger partial charge < -0.3 is 10.3 Å². The highest BCUT2D eigenvalue weighted by atomic mass is 19.3. The fourth-order valence-electron chi connectivity index (χ4n) is 0.980. The van der Waals surface area contributed by atoms with Crippen molar-refractivity contribution >= 4 is 0 Å². The number of nitrogens with one attached hydrogen (secondary N) is 1. The first-order valence-corrected chi connectivity index (χ1v) is 3.62. The third-order valence-corrected chi connectivity index (χ3v) is 1.61. The quantitative estimate of drug-likeness (QED) is 0.635. The molecule has 3 nitrogen and oxygen atoms in total. The molecule has 0 unspecified atom stereocenters. The van der Waals surface area contributed by atoms with Crippen LogP contribution in [0.15, 0.2) is 18.2 Å². The van der Waals surface area contributed by atoms with Gasteiger partial charge in [-0.3, -0.25) is 0 Å². The van der Waals surface area contributed by atoms with E-state index in [-0.39, 0.29) is 6.54 Å². The van der Waals surface area contributed by atoms with E-state index in [0.29, 0.717) is 5.56 Å².